The number of nitrogens with one attached hydrogen (secondary N) is 1. The van der Waals surface area contributed by atoms with Gasteiger partial charge in [-0.05, 0) is 60.4 Å². The van der Waals surface area contributed by atoms with E-state index in [4.69, 9.17) is 14.2 Å². The van der Waals surface area contributed by atoms with Crippen LogP contribution < -0.4 is 24.3 Å². The van der Waals surface area contributed by atoms with Crippen molar-refractivity contribution in [1.82, 2.24) is 5.32 Å². The Morgan fingerprint density at radius 3 is 2.49 bits per heavy atom. The number of ether oxygens (including phenoxy) is 5. The van der Waals surface area contributed by atoms with E-state index in [2.05, 4.69) is 14.8 Å². The molecule has 0 radical (unpaired) electrons. The highest BCUT2D eigenvalue weighted by molar-refractivity contribution is 5.92. The van der Waals surface area contributed by atoms with E-state index in [0.717, 1.165) is 11.1 Å². The van der Waals surface area contributed by atoms with Crippen LogP contribution >= 0.6 is 0 Å². The van der Waals surface area contributed by atoms with Crippen LogP contribution in [0.3, 0.4) is 0 Å². The largest absolute Gasteiger partial charge is 0.586 e. The standard InChI is InChI=1S/C29H25F2NO7/c1-35-19-7-8-20-21(15-23(37-24(20)14-19)16-4-3-5-17(12-16)26(33)36-2)32-27(34)28(10-11-28)18-6-9-22-25(13-18)39-29(30,31)38-22/h3-9,12-14,21,23H,10-11,15H2,1-2H3,(H,32,34)/t21-,23-/m1/s1. The summed E-state index contributed by atoms with van der Waals surface area (Å²) in [5.74, 6) is 0.309. The van der Waals surface area contributed by atoms with E-state index in [0.29, 0.717) is 41.9 Å². The molecule has 3 aliphatic rings. The summed E-state index contributed by atoms with van der Waals surface area (Å²) in [5, 5.41) is 3.17. The smallest absolute Gasteiger partial charge is 0.497 e. The average Bonchev–Trinajstić information content (AvgIpc) is 3.69. The number of methoxy groups -OCH3 is 2. The molecule has 2 atom stereocenters. The molecular formula is C29H25F2NO7. The highest BCUT2D eigenvalue weighted by Crippen LogP contribution is 2.53. The maximum absolute atomic E-state index is 13.7. The van der Waals surface area contributed by atoms with Crippen LogP contribution in [0.15, 0.2) is 60.7 Å². The van der Waals surface area contributed by atoms with Crippen molar-refractivity contribution in [2.75, 3.05) is 14.2 Å². The normalized spacial score (nSPS) is 21.2. The first kappa shape index (κ1) is 25.0. The highest BCUT2D eigenvalue weighted by Gasteiger charge is 2.53. The molecule has 8 nitrogen and oxygen atoms in total. The molecule has 3 aromatic rings. The SMILES string of the molecule is COC(=O)c1cccc([C@H]2C[C@@H](NC(=O)C3(c4ccc5c(c4)OC(F)(F)O5)CC3)c3ccc(OC)cc3O2)c1. The van der Waals surface area contributed by atoms with E-state index in [1.54, 1.807) is 43.5 Å². The minimum atomic E-state index is -3.73. The number of halogens is 2. The summed E-state index contributed by atoms with van der Waals surface area (Å²) in [7, 11) is 2.87. The van der Waals surface area contributed by atoms with E-state index in [1.807, 2.05) is 12.1 Å². The van der Waals surface area contributed by atoms with Gasteiger partial charge in [-0.25, -0.2) is 4.79 Å². The van der Waals surface area contributed by atoms with E-state index in [1.165, 1.54) is 19.2 Å². The summed E-state index contributed by atoms with van der Waals surface area (Å²) in [6.07, 6.45) is -2.66. The molecule has 0 saturated heterocycles. The number of alkyl halides is 2. The molecule has 6 rings (SSSR count). The monoisotopic (exact) mass is 537 g/mol. The molecule has 1 N–H and O–H groups in total. The molecule has 39 heavy (non-hydrogen) atoms. The number of hydrogen-bond acceptors (Lipinski definition) is 7. The number of benzene rings is 3. The number of hydrogen-bond donors (Lipinski definition) is 1. The predicted molar refractivity (Wildman–Crippen MR) is 133 cm³/mol. The Labute approximate surface area is 222 Å². The second-order valence-electron chi connectivity index (χ2n) is 9.80. The summed E-state index contributed by atoms with van der Waals surface area (Å²) >= 11 is 0. The molecule has 1 fully saturated rings. The van der Waals surface area contributed by atoms with Crippen LogP contribution in [0, 0.1) is 0 Å². The van der Waals surface area contributed by atoms with E-state index < -0.39 is 29.8 Å². The summed E-state index contributed by atoms with van der Waals surface area (Å²) in [4.78, 5) is 25.8. The molecular weight excluding hydrogens is 512 g/mol. The fourth-order valence-electron chi connectivity index (χ4n) is 5.21. The second-order valence-corrected chi connectivity index (χ2v) is 9.80. The summed E-state index contributed by atoms with van der Waals surface area (Å²) in [5.41, 5.74) is 1.65. The van der Waals surface area contributed by atoms with Gasteiger partial charge in [-0.3, -0.25) is 4.79 Å². The predicted octanol–water partition coefficient (Wildman–Crippen LogP) is 5.22. The number of rotatable bonds is 6. The summed E-state index contributed by atoms with van der Waals surface area (Å²) in [6.45, 7) is 0. The number of esters is 1. The van der Waals surface area contributed by atoms with Crippen LogP contribution in [0.2, 0.25) is 0 Å². The third-order valence-corrected chi connectivity index (χ3v) is 7.44. The number of carbonyl (C=O) groups excluding carboxylic acids is 2. The van der Waals surface area contributed by atoms with Crippen molar-refractivity contribution in [3.8, 4) is 23.0 Å². The Bertz CT molecular complexity index is 1470. The van der Waals surface area contributed by atoms with Crippen LogP contribution in [0.1, 0.15) is 58.5 Å². The Hall–Kier alpha value is -4.34. The molecule has 0 bridgehead atoms. The van der Waals surface area contributed by atoms with Crippen molar-refractivity contribution in [1.29, 1.82) is 0 Å². The minimum absolute atomic E-state index is 0.0655. The zero-order chi connectivity index (χ0) is 27.4. The molecule has 1 amide bonds. The Morgan fingerprint density at radius 1 is 0.949 bits per heavy atom. The first-order valence-corrected chi connectivity index (χ1v) is 12.5. The van der Waals surface area contributed by atoms with Gasteiger partial charge in [0.1, 0.15) is 17.6 Å². The van der Waals surface area contributed by atoms with Gasteiger partial charge in [0, 0.05) is 18.1 Å². The molecule has 3 aromatic carbocycles. The first-order chi connectivity index (χ1) is 18.7. The van der Waals surface area contributed by atoms with Gasteiger partial charge in [0.05, 0.1) is 31.2 Å². The number of amides is 1. The molecule has 1 aliphatic carbocycles. The quantitative estimate of drug-likeness (QED) is 0.431. The zero-order valence-corrected chi connectivity index (χ0v) is 21.2. The van der Waals surface area contributed by atoms with Crippen molar-refractivity contribution >= 4 is 11.9 Å². The van der Waals surface area contributed by atoms with E-state index in [-0.39, 0.29) is 17.4 Å². The maximum atomic E-state index is 13.7. The minimum Gasteiger partial charge on any atom is -0.497 e. The maximum Gasteiger partial charge on any atom is 0.586 e. The fourth-order valence-corrected chi connectivity index (χ4v) is 5.21. The second kappa shape index (κ2) is 9.14. The highest BCUT2D eigenvalue weighted by atomic mass is 19.3. The van der Waals surface area contributed by atoms with Crippen molar-refractivity contribution in [2.45, 2.75) is 43.1 Å². The molecule has 0 unspecified atom stereocenters. The van der Waals surface area contributed by atoms with Gasteiger partial charge in [-0.1, -0.05) is 18.2 Å². The average molecular weight is 538 g/mol. The van der Waals surface area contributed by atoms with E-state index >= 15 is 0 Å². The lowest BCUT2D eigenvalue weighted by Gasteiger charge is -2.34. The lowest BCUT2D eigenvalue weighted by Crippen LogP contribution is -2.39. The van der Waals surface area contributed by atoms with Crippen LogP contribution in [-0.4, -0.2) is 32.4 Å². The summed E-state index contributed by atoms with van der Waals surface area (Å²) < 4.78 is 52.7. The Kier molecular flexibility index (Phi) is 5.85. The van der Waals surface area contributed by atoms with Gasteiger partial charge in [0.25, 0.3) is 0 Å². The van der Waals surface area contributed by atoms with Gasteiger partial charge < -0.3 is 29.0 Å². The van der Waals surface area contributed by atoms with Crippen molar-refractivity contribution in [3.05, 3.63) is 82.9 Å². The van der Waals surface area contributed by atoms with Crippen molar-refractivity contribution in [3.63, 3.8) is 0 Å². The van der Waals surface area contributed by atoms with Crippen LogP contribution in [-0.2, 0) is 14.9 Å². The molecule has 0 aromatic heterocycles. The number of fused-ring (bicyclic) bond motifs is 2. The van der Waals surface area contributed by atoms with Gasteiger partial charge >= 0.3 is 12.3 Å². The number of carbonyl (C=O) groups is 2. The van der Waals surface area contributed by atoms with Gasteiger partial charge in [-0.15, -0.1) is 8.78 Å². The lowest BCUT2D eigenvalue weighted by molar-refractivity contribution is -0.286. The van der Waals surface area contributed by atoms with E-state index in [9.17, 15) is 18.4 Å². The van der Waals surface area contributed by atoms with Crippen LogP contribution in [0.4, 0.5) is 8.78 Å². The molecule has 10 heteroatoms. The molecule has 2 aliphatic heterocycles. The zero-order valence-electron chi connectivity index (χ0n) is 21.2. The van der Waals surface area contributed by atoms with Crippen molar-refractivity contribution in [2.24, 2.45) is 0 Å². The topological polar surface area (TPSA) is 92.3 Å². The van der Waals surface area contributed by atoms with Gasteiger partial charge in [0.2, 0.25) is 5.91 Å². The third-order valence-electron chi connectivity index (χ3n) is 7.44. The van der Waals surface area contributed by atoms with Crippen molar-refractivity contribution < 1.29 is 42.1 Å². The molecule has 0 spiro atoms. The third kappa shape index (κ3) is 4.49. The summed E-state index contributed by atoms with van der Waals surface area (Å²) in [6, 6.07) is 16.4. The van der Waals surface area contributed by atoms with Crippen LogP contribution in [0.25, 0.3) is 0 Å². The lowest BCUT2D eigenvalue weighted by atomic mass is 9.90. The van der Waals surface area contributed by atoms with Gasteiger partial charge in [-0.2, -0.15) is 0 Å². The van der Waals surface area contributed by atoms with Gasteiger partial charge in [0.15, 0.2) is 11.5 Å². The van der Waals surface area contributed by atoms with Crippen LogP contribution in [0.5, 0.6) is 23.0 Å². The Morgan fingerprint density at radius 2 is 1.74 bits per heavy atom. The fraction of sp³-hybridized carbons (Fsp3) is 0.310. The molecule has 202 valence electrons. The Balaban J connectivity index is 1.29. The molecule has 1 saturated carbocycles. The first-order valence-electron chi connectivity index (χ1n) is 12.5. The molecule has 2 heterocycles.